The van der Waals surface area contributed by atoms with Gasteiger partial charge in [0.15, 0.2) is 0 Å². The van der Waals surface area contributed by atoms with Crippen LogP contribution < -0.4 is 5.32 Å². The van der Waals surface area contributed by atoms with E-state index in [1.54, 1.807) is 0 Å². The van der Waals surface area contributed by atoms with Gasteiger partial charge in [-0.15, -0.1) is 0 Å². The number of carbonyl (C=O) groups excluding carboxylic acids is 1. The zero-order valence-electron chi connectivity index (χ0n) is 14.5. The largest absolute Gasteiger partial charge is 0.468 e. The maximum absolute atomic E-state index is 12.1. The summed E-state index contributed by atoms with van der Waals surface area (Å²) in [7, 11) is 1.46. The van der Waals surface area contributed by atoms with E-state index in [9.17, 15) is 4.79 Å². The predicted molar refractivity (Wildman–Crippen MR) is 84.9 cm³/mol. The third-order valence-electron chi connectivity index (χ3n) is 3.54. The molecule has 0 aromatic heterocycles. The second kappa shape index (κ2) is 9.35. The molecule has 0 amide bonds. The fourth-order valence-corrected chi connectivity index (χ4v) is 2.52. The molecule has 0 bridgehead atoms. The van der Waals surface area contributed by atoms with Crippen LogP contribution in [0.15, 0.2) is 0 Å². The lowest BCUT2D eigenvalue weighted by molar-refractivity contribution is -0.149. The van der Waals surface area contributed by atoms with Crippen molar-refractivity contribution < 1.29 is 9.53 Å². The average Bonchev–Trinajstić information content (AvgIpc) is 2.35. The zero-order chi connectivity index (χ0) is 15.8. The number of methoxy groups -OCH3 is 1. The molecule has 0 rings (SSSR count). The van der Waals surface area contributed by atoms with E-state index in [2.05, 4.69) is 44.8 Å². The first-order valence-electron chi connectivity index (χ1n) is 7.87. The van der Waals surface area contributed by atoms with Gasteiger partial charge in [-0.1, -0.05) is 19.8 Å². The van der Waals surface area contributed by atoms with Crippen LogP contribution in [0.5, 0.6) is 0 Å². The summed E-state index contributed by atoms with van der Waals surface area (Å²) in [6.45, 7) is 14.3. The Labute approximate surface area is 125 Å². The molecule has 0 aliphatic carbocycles. The number of carbonyl (C=O) groups is 1. The number of nitrogens with zero attached hydrogens (tertiary/aromatic N) is 1. The Bertz CT molecular complexity index is 280. The van der Waals surface area contributed by atoms with E-state index in [1.165, 1.54) is 26.4 Å². The lowest BCUT2D eigenvalue weighted by Crippen LogP contribution is -2.60. The molecule has 0 aromatic carbocycles. The number of unbranched alkanes of at least 4 members (excludes halogenated alkanes) is 2. The fourth-order valence-electron chi connectivity index (χ4n) is 2.52. The fraction of sp³-hybridized carbons (Fsp3) is 0.938. The first-order chi connectivity index (χ1) is 9.26. The van der Waals surface area contributed by atoms with Gasteiger partial charge >= 0.3 is 5.97 Å². The van der Waals surface area contributed by atoms with Gasteiger partial charge in [0.05, 0.1) is 7.11 Å². The summed E-state index contributed by atoms with van der Waals surface area (Å²) in [4.78, 5) is 14.5. The summed E-state index contributed by atoms with van der Waals surface area (Å²) < 4.78 is 4.99. The highest BCUT2D eigenvalue weighted by Crippen LogP contribution is 2.14. The highest BCUT2D eigenvalue weighted by molar-refractivity contribution is 5.80. The second-order valence-electron chi connectivity index (χ2n) is 6.39. The van der Waals surface area contributed by atoms with Gasteiger partial charge < -0.3 is 4.74 Å². The SMILES string of the molecule is CCCCCN(CC(C)(NC(C)C)C(=O)OC)C(C)C. The van der Waals surface area contributed by atoms with Crippen LogP contribution in [-0.2, 0) is 9.53 Å². The zero-order valence-corrected chi connectivity index (χ0v) is 14.5. The third-order valence-corrected chi connectivity index (χ3v) is 3.54. The molecular formula is C16H34N2O2. The van der Waals surface area contributed by atoms with E-state index in [0.29, 0.717) is 12.6 Å². The minimum absolute atomic E-state index is 0.188. The van der Waals surface area contributed by atoms with Gasteiger partial charge in [0.25, 0.3) is 0 Å². The normalized spacial score (nSPS) is 14.9. The van der Waals surface area contributed by atoms with Crippen molar-refractivity contribution in [2.45, 2.75) is 78.4 Å². The quantitative estimate of drug-likeness (QED) is 0.495. The molecular weight excluding hydrogens is 252 g/mol. The van der Waals surface area contributed by atoms with E-state index in [4.69, 9.17) is 4.74 Å². The summed E-state index contributed by atoms with van der Waals surface area (Å²) in [5.41, 5.74) is -0.653. The number of ether oxygens (including phenoxy) is 1. The van der Waals surface area contributed by atoms with Gasteiger partial charge in [-0.05, 0) is 47.6 Å². The van der Waals surface area contributed by atoms with Gasteiger partial charge in [-0.3, -0.25) is 15.0 Å². The Kier molecular flexibility index (Phi) is 9.06. The molecule has 0 heterocycles. The van der Waals surface area contributed by atoms with Crippen molar-refractivity contribution in [1.29, 1.82) is 0 Å². The van der Waals surface area contributed by atoms with Gasteiger partial charge in [0.2, 0.25) is 0 Å². The molecule has 0 spiro atoms. The van der Waals surface area contributed by atoms with Crippen LogP contribution >= 0.6 is 0 Å². The van der Waals surface area contributed by atoms with Crippen molar-refractivity contribution in [3.05, 3.63) is 0 Å². The number of esters is 1. The van der Waals surface area contributed by atoms with Gasteiger partial charge in [-0.2, -0.15) is 0 Å². The standard InChI is InChI=1S/C16H34N2O2/c1-8-9-10-11-18(14(4)5)12-16(6,15(19)20-7)17-13(2)3/h13-14,17H,8-12H2,1-7H3. The number of nitrogens with one attached hydrogen (secondary N) is 1. The smallest absolute Gasteiger partial charge is 0.327 e. The summed E-state index contributed by atoms with van der Waals surface area (Å²) in [6, 6.07) is 0.661. The van der Waals surface area contributed by atoms with Crippen LogP contribution in [0.1, 0.15) is 60.8 Å². The number of rotatable bonds is 10. The highest BCUT2D eigenvalue weighted by Gasteiger charge is 2.37. The highest BCUT2D eigenvalue weighted by atomic mass is 16.5. The average molecular weight is 286 g/mol. The Morgan fingerprint density at radius 1 is 1.25 bits per heavy atom. The molecule has 0 aliphatic rings. The molecule has 0 aromatic rings. The molecule has 0 saturated heterocycles. The maximum atomic E-state index is 12.1. The lowest BCUT2D eigenvalue weighted by atomic mass is 9.99. The van der Waals surface area contributed by atoms with Gasteiger partial charge in [0.1, 0.15) is 5.54 Å². The Hall–Kier alpha value is -0.610. The van der Waals surface area contributed by atoms with Crippen LogP contribution in [0.25, 0.3) is 0 Å². The minimum Gasteiger partial charge on any atom is -0.468 e. The third kappa shape index (κ3) is 6.71. The van der Waals surface area contributed by atoms with Crippen LogP contribution in [-0.4, -0.2) is 48.7 Å². The Balaban J connectivity index is 4.84. The van der Waals surface area contributed by atoms with E-state index >= 15 is 0 Å². The summed E-state index contributed by atoms with van der Waals surface area (Å²) in [6.07, 6.45) is 3.62. The van der Waals surface area contributed by atoms with Crippen molar-refractivity contribution in [2.75, 3.05) is 20.2 Å². The molecule has 1 N–H and O–H groups in total. The van der Waals surface area contributed by atoms with Crippen LogP contribution in [0, 0.1) is 0 Å². The van der Waals surface area contributed by atoms with Gasteiger partial charge in [0, 0.05) is 18.6 Å². The first kappa shape index (κ1) is 19.4. The molecule has 0 aliphatic heterocycles. The van der Waals surface area contributed by atoms with E-state index in [0.717, 1.165) is 6.54 Å². The van der Waals surface area contributed by atoms with Gasteiger partial charge in [-0.25, -0.2) is 0 Å². The molecule has 4 heteroatoms. The predicted octanol–water partition coefficient (Wildman–Crippen LogP) is 2.82. The van der Waals surface area contributed by atoms with Crippen molar-refractivity contribution in [3.8, 4) is 0 Å². The Morgan fingerprint density at radius 3 is 2.25 bits per heavy atom. The van der Waals surface area contributed by atoms with Crippen molar-refractivity contribution in [1.82, 2.24) is 10.2 Å². The van der Waals surface area contributed by atoms with E-state index in [-0.39, 0.29) is 12.0 Å². The summed E-state index contributed by atoms with van der Waals surface area (Å²) >= 11 is 0. The molecule has 20 heavy (non-hydrogen) atoms. The van der Waals surface area contributed by atoms with Crippen molar-refractivity contribution in [3.63, 3.8) is 0 Å². The monoisotopic (exact) mass is 286 g/mol. The van der Waals surface area contributed by atoms with Crippen molar-refractivity contribution >= 4 is 5.97 Å². The second-order valence-corrected chi connectivity index (χ2v) is 6.39. The summed E-state index contributed by atoms with van der Waals surface area (Å²) in [5, 5.41) is 3.37. The minimum atomic E-state index is -0.653. The Morgan fingerprint density at radius 2 is 1.85 bits per heavy atom. The molecule has 1 atom stereocenters. The molecule has 0 fully saturated rings. The number of hydrogen-bond acceptors (Lipinski definition) is 4. The van der Waals surface area contributed by atoms with Crippen LogP contribution in [0.3, 0.4) is 0 Å². The van der Waals surface area contributed by atoms with Crippen LogP contribution in [0.2, 0.25) is 0 Å². The van der Waals surface area contributed by atoms with E-state index < -0.39 is 5.54 Å². The van der Waals surface area contributed by atoms with E-state index in [1.807, 2.05) is 6.92 Å². The van der Waals surface area contributed by atoms with Crippen LogP contribution in [0.4, 0.5) is 0 Å². The topological polar surface area (TPSA) is 41.6 Å². The lowest BCUT2D eigenvalue weighted by Gasteiger charge is -2.37. The molecule has 4 nitrogen and oxygen atoms in total. The molecule has 120 valence electrons. The number of hydrogen-bond donors (Lipinski definition) is 1. The summed E-state index contributed by atoms with van der Waals surface area (Å²) in [5.74, 6) is -0.188. The molecule has 1 unspecified atom stereocenters. The molecule has 0 saturated carbocycles. The maximum Gasteiger partial charge on any atom is 0.327 e. The first-order valence-corrected chi connectivity index (χ1v) is 7.87. The van der Waals surface area contributed by atoms with Crippen molar-refractivity contribution in [2.24, 2.45) is 0 Å². The molecule has 0 radical (unpaired) electrons.